The van der Waals surface area contributed by atoms with Gasteiger partial charge in [0.15, 0.2) is 5.58 Å². The Hall–Kier alpha value is -1.59. The van der Waals surface area contributed by atoms with Crippen molar-refractivity contribution in [3.05, 3.63) is 34.3 Å². The van der Waals surface area contributed by atoms with Crippen molar-refractivity contribution in [1.82, 2.24) is 4.57 Å². The predicted octanol–water partition coefficient (Wildman–Crippen LogP) is 0.649. The van der Waals surface area contributed by atoms with E-state index < -0.39 is 0 Å². The van der Waals surface area contributed by atoms with Crippen molar-refractivity contribution in [3.63, 3.8) is 0 Å². The van der Waals surface area contributed by atoms with Crippen LogP contribution in [-0.4, -0.2) is 24.3 Å². The number of nitrogens with two attached hydrogens (primary N) is 1. The third-order valence-electron chi connectivity index (χ3n) is 3.69. The number of aromatic nitrogens is 1. The molecule has 0 saturated carbocycles. The zero-order valence-electron chi connectivity index (χ0n) is 10.3. The lowest BCUT2D eigenvalue weighted by Crippen LogP contribution is -2.49. The Labute approximate surface area is 104 Å². The minimum absolute atomic E-state index is 0.0583. The molecule has 0 radical (unpaired) electrons. The number of nitrogens with zero attached hydrogens (tertiary/aromatic N) is 1. The molecule has 5 nitrogen and oxygen atoms in total. The predicted molar refractivity (Wildman–Crippen MR) is 67.5 cm³/mol. The molecular formula is C13H16N2O3. The van der Waals surface area contributed by atoms with E-state index in [9.17, 15) is 4.79 Å². The fraction of sp³-hybridized carbons (Fsp3) is 0.462. The van der Waals surface area contributed by atoms with Crippen LogP contribution in [0.3, 0.4) is 0 Å². The van der Waals surface area contributed by atoms with Gasteiger partial charge in [-0.1, -0.05) is 6.07 Å². The van der Waals surface area contributed by atoms with Crippen LogP contribution in [0.5, 0.6) is 0 Å². The van der Waals surface area contributed by atoms with E-state index in [0.717, 1.165) is 17.5 Å². The van der Waals surface area contributed by atoms with Crippen LogP contribution in [0.15, 0.2) is 27.4 Å². The molecule has 0 amide bonds. The van der Waals surface area contributed by atoms with Crippen molar-refractivity contribution in [2.24, 2.45) is 18.2 Å². The van der Waals surface area contributed by atoms with E-state index in [-0.39, 0.29) is 11.2 Å². The van der Waals surface area contributed by atoms with E-state index in [1.807, 2.05) is 18.2 Å². The van der Waals surface area contributed by atoms with Gasteiger partial charge in [-0.05, 0) is 24.1 Å². The summed E-state index contributed by atoms with van der Waals surface area (Å²) in [7, 11) is 1.70. The quantitative estimate of drug-likeness (QED) is 0.865. The van der Waals surface area contributed by atoms with Gasteiger partial charge in [0, 0.05) is 19.0 Å². The standard InChI is InChI=1S/C13H16N2O3/c1-15-10-3-2-9(4-11(10)18-12(15)16)5-13(6-14)7-17-8-13/h2-4H,5-8,14H2,1H3. The summed E-state index contributed by atoms with van der Waals surface area (Å²) in [6, 6.07) is 5.86. The first kappa shape index (κ1) is 11.5. The molecule has 1 saturated heterocycles. The van der Waals surface area contributed by atoms with Gasteiger partial charge in [-0.25, -0.2) is 4.79 Å². The second kappa shape index (κ2) is 3.96. The molecule has 1 aromatic carbocycles. The van der Waals surface area contributed by atoms with Crippen molar-refractivity contribution in [2.45, 2.75) is 6.42 Å². The summed E-state index contributed by atoms with van der Waals surface area (Å²) in [5.74, 6) is -0.331. The Morgan fingerprint density at radius 2 is 2.22 bits per heavy atom. The smallest absolute Gasteiger partial charge is 0.408 e. The first-order chi connectivity index (χ1) is 8.63. The zero-order valence-corrected chi connectivity index (χ0v) is 10.3. The van der Waals surface area contributed by atoms with Crippen molar-refractivity contribution < 1.29 is 9.15 Å². The summed E-state index contributed by atoms with van der Waals surface area (Å²) in [5, 5.41) is 0. The van der Waals surface area contributed by atoms with Crippen molar-refractivity contribution >= 4 is 11.1 Å². The van der Waals surface area contributed by atoms with Crippen LogP contribution in [0.2, 0.25) is 0 Å². The maximum Gasteiger partial charge on any atom is 0.419 e. The van der Waals surface area contributed by atoms with E-state index in [1.54, 1.807) is 7.05 Å². The topological polar surface area (TPSA) is 70.4 Å². The van der Waals surface area contributed by atoms with Gasteiger partial charge in [0.05, 0.1) is 18.7 Å². The molecule has 5 heteroatoms. The maximum absolute atomic E-state index is 11.4. The Kier molecular flexibility index (Phi) is 2.53. The summed E-state index contributed by atoms with van der Waals surface area (Å²) in [5.41, 5.74) is 8.44. The molecule has 1 aliphatic rings. The number of oxazole rings is 1. The number of fused-ring (bicyclic) bond motifs is 1. The van der Waals surface area contributed by atoms with Gasteiger partial charge >= 0.3 is 5.76 Å². The number of hydrogen-bond acceptors (Lipinski definition) is 4. The molecular weight excluding hydrogens is 232 g/mol. The summed E-state index contributed by atoms with van der Waals surface area (Å²) in [4.78, 5) is 11.4. The molecule has 2 heterocycles. The molecule has 18 heavy (non-hydrogen) atoms. The van der Waals surface area contributed by atoms with E-state index in [0.29, 0.717) is 25.3 Å². The number of aryl methyl sites for hydroxylation is 1. The molecule has 0 bridgehead atoms. The molecule has 2 N–H and O–H groups in total. The minimum atomic E-state index is -0.331. The van der Waals surface area contributed by atoms with Gasteiger partial charge in [0.1, 0.15) is 0 Å². The molecule has 1 aliphatic heterocycles. The van der Waals surface area contributed by atoms with Crippen LogP contribution < -0.4 is 11.5 Å². The number of ether oxygens (including phenoxy) is 1. The highest BCUT2D eigenvalue weighted by atomic mass is 16.5. The monoisotopic (exact) mass is 248 g/mol. The number of benzene rings is 1. The van der Waals surface area contributed by atoms with Crippen LogP contribution in [0.1, 0.15) is 5.56 Å². The van der Waals surface area contributed by atoms with Gasteiger partial charge < -0.3 is 14.9 Å². The molecule has 3 rings (SSSR count). The molecule has 1 aromatic heterocycles. The largest absolute Gasteiger partial charge is 0.419 e. The van der Waals surface area contributed by atoms with Crippen LogP contribution in [0, 0.1) is 5.41 Å². The van der Waals surface area contributed by atoms with E-state index >= 15 is 0 Å². The molecule has 0 unspecified atom stereocenters. The molecule has 2 aromatic rings. The molecule has 0 atom stereocenters. The summed E-state index contributed by atoms with van der Waals surface area (Å²) in [6.45, 7) is 2.03. The first-order valence-electron chi connectivity index (χ1n) is 6.00. The zero-order chi connectivity index (χ0) is 12.8. The fourth-order valence-corrected chi connectivity index (χ4v) is 2.40. The highest BCUT2D eigenvalue weighted by Gasteiger charge is 2.37. The third kappa shape index (κ3) is 1.67. The minimum Gasteiger partial charge on any atom is -0.408 e. The van der Waals surface area contributed by atoms with Crippen LogP contribution in [0.25, 0.3) is 11.1 Å². The second-order valence-corrected chi connectivity index (χ2v) is 5.10. The van der Waals surface area contributed by atoms with Crippen molar-refractivity contribution in [3.8, 4) is 0 Å². The Morgan fingerprint density at radius 3 is 2.83 bits per heavy atom. The van der Waals surface area contributed by atoms with Gasteiger partial charge in [-0.3, -0.25) is 4.57 Å². The van der Waals surface area contributed by atoms with Gasteiger partial charge in [-0.2, -0.15) is 0 Å². The van der Waals surface area contributed by atoms with Crippen LogP contribution >= 0.6 is 0 Å². The van der Waals surface area contributed by atoms with Gasteiger partial charge in [-0.15, -0.1) is 0 Å². The van der Waals surface area contributed by atoms with E-state index in [2.05, 4.69) is 0 Å². The van der Waals surface area contributed by atoms with E-state index in [4.69, 9.17) is 14.9 Å². The SMILES string of the molecule is Cn1c(=O)oc2cc(CC3(CN)COC3)ccc21. The normalized spacial score (nSPS) is 17.9. The van der Waals surface area contributed by atoms with Crippen LogP contribution in [0.4, 0.5) is 0 Å². The molecule has 0 aliphatic carbocycles. The number of hydrogen-bond donors (Lipinski definition) is 1. The highest BCUT2D eigenvalue weighted by molar-refractivity contribution is 5.73. The van der Waals surface area contributed by atoms with Crippen LogP contribution in [-0.2, 0) is 18.2 Å². The molecule has 96 valence electrons. The average molecular weight is 248 g/mol. The van der Waals surface area contributed by atoms with Gasteiger partial charge in [0.2, 0.25) is 0 Å². The average Bonchev–Trinajstić information content (AvgIpc) is 2.60. The number of rotatable bonds is 3. The maximum atomic E-state index is 11.4. The van der Waals surface area contributed by atoms with Crippen molar-refractivity contribution in [1.29, 1.82) is 0 Å². The summed E-state index contributed by atoms with van der Waals surface area (Å²) >= 11 is 0. The van der Waals surface area contributed by atoms with Crippen molar-refractivity contribution in [2.75, 3.05) is 19.8 Å². The summed E-state index contributed by atoms with van der Waals surface area (Å²) < 4.78 is 11.9. The van der Waals surface area contributed by atoms with Gasteiger partial charge in [0.25, 0.3) is 0 Å². The summed E-state index contributed by atoms with van der Waals surface area (Å²) in [6.07, 6.45) is 0.859. The fourth-order valence-electron chi connectivity index (χ4n) is 2.40. The van der Waals surface area contributed by atoms with E-state index in [1.165, 1.54) is 4.57 Å². The Balaban J connectivity index is 1.96. The third-order valence-corrected chi connectivity index (χ3v) is 3.69. The Morgan fingerprint density at radius 1 is 1.44 bits per heavy atom. The molecule has 0 spiro atoms. The lowest BCUT2D eigenvalue weighted by atomic mass is 9.80. The lowest BCUT2D eigenvalue weighted by molar-refractivity contribution is -0.106. The lowest BCUT2D eigenvalue weighted by Gasteiger charge is -2.40. The highest BCUT2D eigenvalue weighted by Crippen LogP contribution is 2.31. The molecule has 1 fully saturated rings. The second-order valence-electron chi connectivity index (χ2n) is 5.10. The first-order valence-corrected chi connectivity index (χ1v) is 6.00. The Bertz CT molecular complexity index is 632.